The molecule has 0 spiro atoms. The smallest absolute Gasteiger partial charge is 0.331 e. The Balaban J connectivity index is 1.72. The Morgan fingerprint density at radius 2 is 2.12 bits per heavy atom. The number of unbranched alkanes of at least 4 members (excludes halogenated alkanes) is 3. The molecule has 0 aliphatic carbocycles. The van der Waals surface area contributed by atoms with E-state index in [0.29, 0.717) is 28.6 Å². The molecule has 1 aliphatic heterocycles. The van der Waals surface area contributed by atoms with Crippen molar-refractivity contribution in [2.75, 3.05) is 19.9 Å². The van der Waals surface area contributed by atoms with E-state index in [1.54, 1.807) is 18.2 Å². The first-order chi connectivity index (χ1) is 12.1. The van der Waals surface area contributed by atoms with E-state index < -0.39 is 5.97 Å². The standard InChI is InChI=1S/C18H22ClNO5/c1-2-3-4-5-8-20-16(21)11-23-17(22)7-6-13-9-14(19)18-15(10-13)24-12-25-18/h6-7,9-10H,2-5,8,11-12H2,1H3,(H,20,21)/b7-6+. The highest BCUT2D eigenvalue weighted by Gasteiger charge is 2.17. The predicted octanol–water partition coefficient (Wildman–Crippen LogP) is 3.32. The van der Waals surface area contributed by atoms with Gasteiger partial charge in [0.05, 0.1) is 5.02 Å². The topological polar surface area (TPSA) is 73.9 Å². The van der Waals surface area contributed by atoms with Crippen molar-refractivity contribution in [2.24, 2.45) is 0 Å². The molecule has 0 fully saturated rings. The van der Waals surface area contributed by atoms with Crippen LogP contribution >= 0.6 is 11.6 Å². The third-order valence-corrected chi connectivity index (χ3v) is 3.84. The van der Waals surface area contributed by atoms with Gasteiger partial charge in [0.15, 0.2) is 18.1 Å². The van der Waals surface area contributed by atoms with E-state index in [4.69, 9.17) is 25.8 Å². The number of nitrogens with one attached hydrogen (secondary N) is 1. The van der Waals surface area contributed by atoms with E-state index in [-0.39, 0.29) is 19.3 Å². The number of amides is 1. The van der Waals surface area contributed by atoms with Crippen LogP contribution < -0.4 is 14.8 Å². The third-order valence-electron chi connectivity index (χ3n) is 3.56. The lowest BCUT2D eigenvalue weighted by atomic mass is 10.2. The van der Waals surface area contributed by atoms with Crippen LogP contribution in [-0.4, -0.2) is 31.8 Å². The fourth-order valence-corrected chi connectivity index (χ4v) is 2.54. The summed E-state index contributed by atoms with van der Waals surface area (Å²) in [5, 5.41) is 3.13. The van der Waals surface area contributed by atoms with Crippen LogP contribution in [0.15, 0.2) is 18.2 Å². The van der Waals surface area contributed by atoms with Gasteiger partial charge in [-0.1, -0.05) is 37.8 Å². The Labute approximate surface area is 152 Å². The zero-order chi connectivity index (χ0) is 18.1. The summed E-state index contributed by atoms with van der Waals surface area (Å²) < 4.78 is 15.4. The molecule has 2 rings (SSSR count). The Hall–Kier alpha value is -2.21. The van der Waals surface area contributed by atoms with E-state index in [9.17, 15) is 9.59 Å². The van der Waals surface area contributed by atoms with Crippen LogP contribution in [0.3, 0.4) is 0 Å². The second kappa shape index (κ2) is 9.93. The highest BCUT2D eigenvalue weighted by atomic mass is 35.5. The number of halogens is 1. The van der Waals surface area contributed by atoms with Crippen molar-refractivity contribution in [2.45, 2.75) is 32.6 Å². The molecular formula is C18H22ClNO5. The molecule has 0 unspecified atom stereocenters. The summed E-state index contributed by atoms with van der Waals surface area (Å²) in [5.74, 6) is 0.124. The van der Waals surface area contributed by atoms with Crippen molar-refractivity contribution in [3.8, 4) is 11.5 Å². The molecule has 0 radical (unpaired) electrons. The van der Waals surface area contributed by atoms with Gasteiger partial charge in [-0.25, -0.2) is 4.79 Å². The van der Waals surface area contributed by atoms with Crippen molar-refractivity contribution >= 4 is 29.6 Å². The summed E-state index contributed by atoms with van der Waals surface area (Å²) in [6.07, 6.45) is 7.09. The van der Waals surface area contributed by atoms with Crippen molar-refractivity contribution in [1.82, 2.24) is 5.32 Å². The summed E-state index contributed by atoms with van der Waals surface area (Å²) in [5.41, 5.74) is 0.673. The van der Waals surface area contributed by atoms with Crippen molar-refractivity contribution < 1.29 is 23.8 Å². The highest BCUT2D eigenvalue weighted by Crippen LogP contribution is 2.40. The van der Waals surface area contributed by atoms with Crippen LogP contribution in [0.2, 0.25) is 5.02 Å². The van der Waals surface area contributed by atoms with Crippen molar-refractivity contribution in [3.63, 3.8) is 0 Å². The van der Waals surface area contributed by atoms with Crippen molar-refractivity contribution in [3.05, 3.63) is 28.8 Å². The molecule has 1 aromatic rings. The minimum Gasteiger partial charge on any atom is -0.454 e. The number of fused-ring (bicyclic) bond motifs is 1. The lowest BCUT2D eigenvalue weighted by molar-refractivity contribution is -0.143. The number of esters is 1. The van der Waals surface area contributed by atoms with Crippen LogP contribution in [0.1, 0.15) is 38.2 Å². The fourth-order valence-electron chi connectivity index (χ4n) is 2.26. The van der Waals surface area contributed by atoms with Gasteiger partial charge in [-0.05, 0) is 30.2 Å². The summed E-state index contributed by atoms with van der Waals surface area (Å²) in [6.45, 7) is 2.56. The second-order valence-electron chi connectivity index (χ2n) is 5.59. The van der Waals surface area contributed by atoms with Gasteiger partial charge >= 0.3 is 5.97 Å². The molecule has 0 bridgehead atoms. The van der Waals surface area contributed by atoms with Crippen LogP contribution in [-0.2, 0) is 14.3 Å². The molecule has 0 saturated heterocycles. The quantitative estimate of drug-likeness (QED) is 0.411. The lowest BCUT2D eigenvalue weighted by Gasteiger charge is -2.05. The third kappa shape index (κ3) is 6.31. The monoisotopic (exact) mass is 367 g/mol. The number of hydrogen-bond donors (Lipinski definition) is 1. The molecule has 0 saturated carbocycles. The van der Waals surface area contributed by atoms with Gasteiger partial charge in [-0.15, -0.1) is 0 Å². The van der Waals surface area contributed by atoms with Crippen LogP contribution in [0, 0.1) is 0 Å². The first-order valence-electron chi connectivity index (χ1n) is 8.31. The van der Waals surface area contributed by atoms with Crippen LogP contribution in [0.25, 0.3) is 6.08 Å². The number of hydrogen-bond acceptors (Lipinski definition) is 5. The maximum atomic E-state index is 11.7. The fraction of sp³-hybridized carbons (Fsp3) is 0.444. The maximum absolute atomic E-state index is 11.7. The lowest BCUT2D eigenvalue weighted by Crippen LogP contribution is -2.29. The van der Waals surface area contributed by atoms with Gasteiger partial charge in [-0.3, -0.25) is 4.79 Å². The van der Waals surface area contributed by atoms with Crippen LogP contribution in [0.4, 0.5) is 0 Å². The van der Waals surface area contributed by atoms with E-state index in [1.807, 2.05) is 0 Å². The average Bonchev–Trinajstić information content (AvgIpc) is 3.07. The maximum Gasteiger partial charge on any atom is 0.331 e. The minimum absolute atomic E-state index is 0.123. The summed E-state index contributed by atoms with van der Waals surface area (Å²) in [6, 6.07) is 3.36. The molecular weight excluding hydrogens is 346 g/mol. The Morgan fingerprint density at radius 3 is 2.92 bits per heavy atom. The summed E-state index contributed by atoms with van der Waals surface area (Å²) in [7, 11) is 0. The second-order valence-corrected chi connectivity index (χ2v) is 6.00. The summed E-state index contributed by atoms with van der Waals surface area (Å²) >= 11 is 6.06. The number of benzene rings is 1. The molecule has 6 nitrogen and oxygen atoms in total. The van der Waals surface area contributed by atoms with Gasteiger partial charge in [0.1, 0.15) is 0 Å². The van der Waals surface area contributed by atoms with Gasteiger partial charge < -0.3 is 19.5 Å². The van der Waals surface area contributed by atoms with Gasteiger partial charge in [-0.2, -0.15) is 0 Å². The van der Waals surface area contributed by atoms with Gasteiger partial charge in [0.25, 0.3) is 5.91 Å². The molecule has 1 aromatic carbocycles. The Kier molecular flexibility index (Phi) is 7.60. The van der Waals surface area contributed by atoms with Gasteiger partial charge in [0, 0.05) is 12.6 Å². The number of ether oxygens (including phenoxy) is 3. The molecule has 0 atom stereocenters. The first-order valence-corrected chi connectivity index (χ1v) is 8.68. The normalized spacial score (nSPS) is 12.4. The molecule has 1 heterocycles. The molecule has 1 amide bonds. The average molecular weight is 368 g/mol. The van der Waals surface area contributed by atoms with Gasteiger partial charge in [0.2, 0.25) is 6.79 Å². The molecule has 136 valence electrons. The van der Waals surface area contributed by atoms with E-state index in [0.717, 1.165) is 25.7 Å². The van der Waals surface area contributed by atoms with E-state index in [2.05, 4.69) is 12.2 Å². The van der Waals surface area contributed by atoms with E-state index >= 15 is 0 Å². The first kappa shape index (κ1) is 19.1. The number of carbonyl (C=O) groups is 2. The zero-order valence-corrected chi connectivity index (χ0v) is 14.9. The minimum atomic E-state index is -0.602. The molecule has 7 heteroatoms. The zero-order valence-electron chi connectivity index (χ0n) is 14.2. The highest BCUT2D eigenvalue weighted by molar-refractivity contribution is 6.32. The van der Waals surface area contributed by atoms with E-state index in [1.165, 1.54) is 6.08 Å². The van der Waals surface area contributed by atoms with Crippen molar-refractivity contribution in [1.29, 1.82) is 0 Å². The SMILES string of the molecule is CCCCCCNC(=O)COC(=O)/C=C/c1cc(Cl)c2c(c1)OCO2. The summed E-state index contributed by atoms with van der Waals surface area (Å²) in [4.78, 5) is 23.2. The molecule has 0 aromatic heterocycles. The molecule has 1 aliphatic rings. The number of carbonyl (C=O) groups excluding carboxylic acids is 2. The predicted molar refractivity (Wildman–Crippen MR) is 94.7 cm³/mol. The Morgan fingerprint density at radius 1 is 1.28 bits per heavy atom. The van der Waals surface area contributed by atoms with Crippen LogP contribution in [0.5, 0.6) is 11.5 Å². The number of rotatable bonds is 9. The molecule has 1 N–H and O–H groups in total. The molecule has 25 heavy (non-hydrogen) atoms. The largest absolute Gasteiger partial charge is 0.454 e. The Bertz CT molecular complexity index is 645.